The average Bonchev–Trinajstić information content (AvgIpc) is 3.32. The van der Waals surface area contributed by atoms with Crippen LogP contribution in [0.4, 0.5) is 11.5 Å². The van der Waals surface area contributed by atoms with Crippen LogP contribution in [0.1, 0.15) is 25.7 Å². The summed E-state index contributed by atoms with van der Waals surface area (Å²) in [6.07, 6.45) is 3.93. The van der Waals surface area contributed by atoms with E-state index in [0.717, 1.165) is 43.0 Å². The number of rotatable bonds is 5. The van der Waals surface area contributed by atoms with Gasteiger partial charge in [0.2, 0.25) is 10.0 Å². The zero-order valence-electron chi connectivity index (χ0n) is 13.4. The van der Waals surface area contributed by atoms with Crippen LogP contribution in [0.2, 0.25) is 0 Å². The molecule has 2 heterocycles. The molecule has 0 spiro atoms. The van der Waals surface area contributed by atoms with E-state index >= 15 is 0 Å². The molecule has 7 heteroatoms. The van der Waals surface area contributed by atoms with E-state index in [0.29, 0.717) is 5.69 Å². The normalized spacial score (nSPS) is 17.9. The summed E-state index contributed by atoms with van der Waals surface area (Å²) >= 11 is 0. The quantitative estimate of drug-likeness (QED) is 0.902. The van der Waals surface area contributed by atoms with Gasteiger partial charge in [-0.3, -0.25) is 4.72 Å². The number of hydrogen-bond acceptors (Lipinski definition) is 5. The summed E-state index contributed by atoms with van der Waals surface area (Å²) in [5.41, 5.74) is 2.30. The Hall–Kier alpha value is -2.15. The third-order valence-electron chi connectivity index (χ3n) is 4.48. The van der Waals surface area contributed by atoms with Crippen molar-refractivity contribution in [1.29, 1.82) is 0 Å². The Balaban J connectivity index is 1.48. The molecule has 2 aliphatic rings. The zero-order chi connectivity index (χ0) is 16.6. The molecule has 24 heavy (non-hydrogen) atoms. The van der Waals surface area contributed by atoms with Gasteiger partial charge in [-0.1, -0.05) is 12.1 Å². The largest absolute Gasteiger partial charge is 0.355 e. The number of nitrogens with one attached hydrogen (secondary N) is 1. The molecule has 0 bridgehead atoms. The van der Waals surface area contributed by atoms with E-state index in [1.54, 1.807) is 12.1 Å². The van der Waals surface area contributed by atoms with Crippen LogP contribution in [0.15, 0.2) is 36.4 Å². The lowest BCUT2D eigenvalue weighted by Crippen LogP contribution is -2.19. The lowest BCUT2D eigenvalue weighted by Gasteiger charge is -2.15. The van der Waals surface area contributed by atoms with Crippen molar-refractivity contribution in [2.75, 3.05) is 22.7 Å². The minimum Gasteiger partial charge on any atom is -0.355 e. The van der Waals surface area contributed by atoms with Crippen molar-refractivity contribution in [2.45, 2.75) is 30.9 Å². The second-order valence-electron chi connectivity index (χ2n) is 6.39. The molecule has 1 aliphatic carbocycles. The fourth-order valence-electron chi connectivity index (χ4n) is 2.93. The van der Waals surface area contributed by atoms with Gasteiger partial charge in [0.25, 0.3) is 0 Å². The van der Waals surface area contributed by atoms with Crippen molar-refractivity contribution in [3.8, 4) is 11.3 Å². The maximum absolute atomic E-state index is 11.9. The van der Waals surface area contributed by atoms with Gasteiger partial charge < -0.3 is 4.90 Å². The molecule has 4 rings (SSSR count). The Labute approximate surface area is 142 Å². The molecule has 0 unspecified atom stereocenters. The van der Waals surface area contributed by atoms with Crippen LogP contribution in [0.5, 0.6) is 0 Å². The molecule has 1 aliphatic heterocycles. The van der Waals surface area contributed by atoms with Crippen LogP contribution in [-0.4, -0.2) is 37.0 Å². The highest BCUT2D eigenvalue weighted by Gasteiger charge is 2.35. The van der Waals surface area contributed by atoms with Crippen molar-refractivity contribution in [3.05, 3.63) is 36.4 Å². The van der Waals surface area contributed by atoms with E-state index in [2.05, 4.69) is 19.8 Å². The molecule has 1 aromatic carbocycles. The number of aromatic nitrogens is 2. The first-order valence-electron chi connectivity index (χ1n) is 8.32. The van der Waals surface area contributed by atoms with Gasteiger partial charge in [0.1, 0.15) is 0 Å². The van der Waals surface area contributed by atoms with Crippen molar-refractivity contribution in [1.82, 2.24) is 10.2 Å². The number of benzene rings is 1. The maximum atomic E-state index is 11.9. The fraction of sp³-hybridized carbons (Fsp3) is 0.412. The average molecular weight is 344 g/mol. The SMILES string of the molecule is O=S(=O)(Nc1ccc(-c2ccc(N3CCCC3)nn2)cc1)C1CC1. The molecule has 6 nitrogen and oxygen atoms in total. The van der Waals surface area contributed by atoms with Gasteiger partial charge in [-0.25, -0.2) is 8.42 Å². The second kappa shape index (κ2) is 6.05. The van der Waals surface area contributed by atoms with E-state index in [9.17, 15) is 8.42 Å². The van der Waals surface area contributed by atoms with E-state index in [-0.39, 0.29) is 5.25 Å². The topological polar surface area (TPSA) is 75.2 Å². The lowest BCUT2D eigenvalue weighted by atomic mass is 10.1. The number of hydrogen-bond donors (Lipinski definition) is 1. The third-order valence-corrected chi connectivity index (χ3v) is 6.35. The minimum atomic E-state index is -3.22. The Kier molecular flexibility index (Phi) is 3.88. The van der Waals surface area contributed by atoms with Crippen LogP contribution in [0.3, 0.4) is 0 Å². The van der Waals surface area contributed by atoms with E-state index in [1.165, 1.54) is 12.8 Å². The Morgan fingerprint density at radius 3 is 2.25 bits per heavy atom. The van der Waals surface area contributed by atoms with E-state index in [1.807, 2.05) is 24.3 Å². The van der Waals surface area contributed by atoms with Gasteiger partial charge in [-0.2, -0.15) is 0 Å². The summed E-state index contributed by atoms with van der Waals surface area (Å²) in [7, 11) is -3.22. The van der Waals surface area contributed by atoms with Gasteiger partial charge in [0.15, 0.2) is 5.82 Å². The maximum Gasteiger partial charge on any atom is 0.235 e. The van der Waals surface area contributed by atoms with Crippen LogP contribution in [0.25, 0.3) is 11.3 Å². The number of nitrogens with zero attached hydrogens (tertiary/aromatic N) is 3. The molecule has 0 radical (unpaired) electrons. The highest BCUT2D eigenvalue weighted by Crippen LogP contribution is 2.30. The second-order valence-corrected chi connectivity index (χ2v) is 8.36. The molecule has 1 N–H and O–H groups in total. The molecule has 1 saturated carbocycles. The standard InChI is InChI=1S/C17H20N4O2S/c22-24(23,15-7-8-15)20-14-5-3-13(4-6-14)16-9-10-17(19-18-16)21-11-1-2-12-21/h3-6,9-10,15,20H,1-2,7-8,11-12H2. The van der Waals surface area contributed by atoms with Gasteiger partial charge in [-0.05, 0) is 49.9 Å². The van der Waals surface area contributed by atoms with Crippen LogP contribution >= 0.6 is 0 Å². The Morgan fingerprint density at radius 2 is 1.67 bits per heavy atom. The van der Waals surface area contributed by atoms with Crippen LogP contribution in [-0.2, 0) is 10.0 Å². The lowest BCUT2D eigenvalue weighted by molar-refractivity contribution is 0.600. The zero-order valence-corrected chi connectivity index (χ0v) is 14.2. The Morgan fingerprint density at radius 1 is 0.958 bits per heavy atom. The highest BCUT2D eigenvalue weighted by atomic mass is 32.2. The van der Waals surface area contributed by atoms with Crippen LogP contribution in [0, 0.1) is 0 Å². The molecular weight excluding hydrogens is 324 g/mol. The van der Waals surface area contributed by atoms with Crippen LogP contribution < -0.4 is 9.62 Å². The molecule has 1 saturated heterocycles. The summed E-state index contributed by atoms with van der Waals surface area (Å²) in [5, 5.41) is 8.40. The summed E-state index contributed by atoms with van der Waals surface area (Å²) in [4.78, 5) is 2.24. The molecule has 2 aromatic rings. The van der Waals surface area contributed by atoms with Crippen molar-refractivity contribution >= 4 is 21.5 Å². The highest BCUT2D eigenvalue weighted by molar-refractivity contribution is 7.93. The number of sulfonamides is 1. The first-order chi connectivity index (χ1) is 11.6. The van der Waals surface area contributed by atoms with Crippen molar-refractivity contribution in [3.63, 3.8) is 0 Å². The Bertz CT molecular complexity index is 809. The smallest absolute Gasteiger partial charge is 0.235 e. The predicted octanol–water partition coefficient (Wildman–Crippen LogP) is 2.65. The summed E-state index contributed by atoms with van der Waals surface area (Å²) in [6, 6.07) is 11.2. The molecule has 1 aromatic heterocycles. The summed E-state index contributed by atoms with van der Waals surface area (Å²) in [6.45, 7) is 2.09. The van der Waals surface area contributed by atoms with E-state index < -0.39 is 10.0 Å². The van der Waals surface area contributed by atoms with Gasteiger partial charge in [0.05, 0.1) is 10.9 Å². The van der Waals surface area contributed by atoms with Gasteiger partial charge in [-0.15, -0.1) is 10.2 Å². The molecule has 2 fully saturated rings. The van der Waals surface area contributed by atoms with Gasteiger partial charge in [0, 0.05) is 24.3 Å². The van der Waals surface area contributed by atoms with E-state index in [4.69, 9.17) is 0 Å². The third kappa shape index (κ3) is 3.21. The minimum absolute atomic E-state index is 0.221. The summed E-state index contributed by atoms with van der Waals surface area (Å²) < 4.78 is 26.5. The number of anilines is 2. The van der Waals surface area contributed by atoms with Gasteiger partial charge >= 0.3 is 0 Å². The first-order valence-corrected chi connectivity index (χ1v) is 9.87. The molecule has 126 valence electrons. The van der Waals surface area contributed by atoms with Crippen molar-refractivity contribution < 1.29 is 8.42 Å². The molecule has 0 amide bonds. The monoisotopic (exact) mass is 344 g/mol. The summed E-state index contributed by atoms with van der Waals surface area (Å²) in [5.74, 6) is 0.921. The first kappa shape index (κ1) is 15.4. The molecule has 0 atom stereocenters. The fourth-order valence-corrected chi connectivity index (χ4v) is 4.32. The molecular formula is C17H20N4O2S. The predicted molar refractivity (Wildman–Crippen MR) is 94.5 cm³/mol. The van der Waals surface area contributed by atoms with Crippen molar-refractivity contribution in [2.24, 2.45) is 0 Å².